The highest BCUT2D eigenvalue weighted by Crippen LogP contribution is 2.36. The largest absolute Gasteiger partial charge is 0.316 e. The summed E-state index contributed by atoms with van der Waals surface area (Å²) < 4.78 is 27.1. The molecular formula is C16H26N2O2S. The van der Waals surface area contributed by atoms with Crippen molar-refractivity contribution in [2.75, 3.05) is 14.1 Å². The van der Waals surface area contributed by atoms with Gasteiger partial charge >= 0.3 is 0 Å². The van der Waals surface area contributed by atoms with Crippen molar-refractivity contribution in [2.24, 2.45) is 5.92 Å². The molecule has 1 atom stereocenters. The molecule has 4 nitrogen and oxygen atoms in total. The lowest BCUT2D eigenvalue weighted by atomic mass is 10.1. The summed E-state index contributed by atoms with van der Waals surface area (Å²) in [7, 11) is 0.172. The lowest BCUT2D eigenvalue weighted by Gasteiger charge is -2.24. The Morgan fingerprint density at radius 3 is 2.52 bits per heavy atom. The van der Waals surface area contributed by atoms with Gasteiger partial charge in [-0.15, -0.1) is 0 Å². The molecule has 2 rings (SSSR count). The molecule has 1 aromatic carbocycles. The van der Waals surface area contributed by atoms with Crippen LogP contribution in [0.3, 0.4) is 0 Å². The molecule has 118 valence electrons. The first kappa shape index (κ1) is 16.5. The molecule has 0 bridgehead atoms. The van der Waals surface area contributed by atoms with Crippen molar-refractivity contribution in [1.82, 2.24) is 9.62 Å². The third kappa shape index (κ3) is 3.47. The monoisotopic (exact) mass is 310 g/mol. The molecule has 0 heterocycles. The van der Waals surface area contributed by atoms with E-state index in [-0.39, 0.29) is 6.04 Å². The Kier molecular flexibility index (Phi) is 5.07. The number of rotatable bonds is 7. The fourth-order valence-corrected chi connectivity index (χ4v) is 4.20. The smallest absolute Gasteiger partial charge is 0.243 e. The zero-order valence-corrected chi connectivity index (χ0v) is 14.2. The van der Waals surface area contributed by atoms with Gasteiger partial charge in [-0.3, -0.25) is 0 Å². The Hall–Kier alpha value is -0.910. The van der Waals surface area contributed by atoms with Crippen molar-refractivity contribution >= 4 is 10.0 Å². The van der Waals surface area contributed by atoms with Gasteiger partial charge in [-0.05, 0) is 62.4 Å². The number of aryl methyl sites for hydroxylation is 1. The molecule has 5 heteroatoms. The van der Waals surface area contributed by atoms with E-state index in [1.807, 2.05) is 26.1 Å². The Labute approximate surface area is 128 Å². The van der Waals surface area contributed by atoms with Gasteiger partial charge in [0.25, 0.3) is 0 Å². The molecular weight excluding hydrogens is 284 g/mol. The molecule has 1 saturated carbocycles. The Morgan fingerprint density at radius 2 is 2.00 bits per heavy atom. The van der Waals surface area contributed by atoms with Crippen LogP contribution in [0.5, 0.6) is 0 Å². The number of nitrogens with one attached hydrogen (secondary N) is 1. The zero-order chi connectivity index (χ0) is 15.6. The Morgan fingerprint density at radius 1 is 1.33 bits per heavy atom. The second kappa shape index (κ2) is 6.46. The van der Waals surface area contributed by atoms with E-state index >= 15 is 0 Å². The molecule has 0 radical (unpaired) electrons. The van der Waals surface area contributed by atoms with Crippen LogP contribution in [0, 0.1) is 5.92 Å². The summed E-state index contributed by atoms with van der Waals surface area (Å²) in [5, 5.41) is 3.11. The molecule has 1 fully saturated rings. The van der Waals surface area contributed by atoms with E-state index < -0.39 is 10.0 Å². The quantitative estimate of drug-likeness (QED) is 0.841. The van der Waals surface area contributed by atoms with Crippen molar-refractivity contribution in [1.29, 1.82) is 0 Å². The maximum atomic E-state index is 12.8. The van der Waals surface area contributed by atoms with Gasteiger partial charge in [0, 0.05) is 19.6 Å². The van der Waals surface area contributed by atoms with Crippen LogP contribution in [0.15, 0.2) is 23.1 Å². The second-order valence-corrected chi connectivity index (χ2v) is 7.91. The molecule has 0 aromatic heterocycles. The fraction of sp³-hybridized carbons (Fsp3) is 0.625. The predicted octanol–water partition coefficient (Wildman–Crippen LogP) is 2.39. The van der Waals surface area contributed by atoms with E-state index in [1.54, 1.807) is 13.1 Å². The second-order valence-electron chi connectivity index (χ2n) is 5.91. The zero-order valence-electron chi connectivity index (χ0n) is 13.4. The predicted molar refractivity (Wildman–Crippen MR) is 85.7 cm³/mol. The molecule has 1 aliphatic rings. The highest BCUT2D eigenvalue weighted by Gasteiger charge is 2.36. The van der Waals surface area contributed by atoms with Crippen LogP contribution in [0.1, 0.15) is 37.8 Å². The maximum absolute atomic E-state index is 12.8. The molecule has 1 aromatic rings. The van der Waals surface area contributed by atoms with E-state index in [9.17, 15) is 8.42 Å². The van der Waals surface area contributed by atoms with Gasteiger partial charge in [0.05, 0.1) is 4.90 Å². The van der Waals surface area contributed by atoms with Crippen LogP contribution in [0.25, 0.3) is 0 Å². The van der Waals surface area contributed by atoms with Gasteiger partial charge in [-0.1, -0.05) is 13.0 Å². The average Bonchev–Trinajstić information content (AvgIpc) is 3.30. The highest BCUT2D eigenvalue weighted by atomic mass is 32.2. The first-order valence-electron chi connectivity index (χ1n) is 7.66. The van der Waals surface area contributed by atoms with Gasteiger partial charge in [0.2, 0.25) is 10.0 Å². The Balaban J connectivity index is 2.32. The van der Waals surface area contributed by atoms with Crippen molar-refractivity contribution in [2.45, 2.75) is 50.6 Å². The van der Waals surface area contributed by atoms with Gasteiger partial charge in [0.15, 0.2) is 0 Å². The molecule has 1 unspecified atom stereocenters. The third-order valence-corrected chi connectivity index (χ3v) is 6.42. The minimum absolute atomic E-state index is 0.0774. The van der Waals surface area contributed by atoms with Crippen molar-refractivity contribution < 1.29 is 8.42 Å². The number of hydrogen-bond acceptors (Lipinski definition) is 3. The van der Waals surface area contributed by atoms with Crippen LogP contribution >= 0.6 is 0 Å². The van der Waals surface area contributed by atoms with E-state index in [0.29, 0.717) is 17.4 Å². The van der Waals surface area contributed by atoms with Crippen molar-refractivity contribution in [3.63, 3.8) is 0 Å². The van der Waals surface area contributed by atoms with E-state index in [2.05, 4.69) is 12.2 Å². The summed E-state index contributed by atoms with van der Waals surface area (Å²) in [5.74, 6) is 0.525. The molecule has 0 aliphatic heterocycles. The lowest BCUT2D eigenvalue weighted by molar-refractivity contribution is 0.357. The first-order valence-corrected chi connectivity index (χ1v) is 9.10. The van der Waals surface area contributed by atoms with Crippen LogP contribution in [0.4, 0.5) is 0 Å². The maximum Gasteiger partial charge on any atom is 0.243 e. The summed E-state index contributed by atoms with van der Waals surface area (Å²) in [4.78, 5) is 0.403. The number of nitrogens with zero attached hydrogens (tertiary/aromatic N) is 1. The van der Waals surface area contributed by atoms with Crippen molar-refractivity contribution in [3.8, 4) is 0 Å². The minimum atomic E-state index is -3.40. The number of benzene rings is 1. The van der Waals surface area contributed by atoms with E-state index in [0.717, 1.165) is 24.8 Å². The normalized spacial score (nSPS) is 17.2. The van der Waals surface area contributed by atoms with Gasteiger partial charge < -0.3 is 5.32 Å². The first-order chi connectivity index (χ1) is 9.91. The molecule has 21 heavy (non-hydrogen) atoms. The van der Waals surface area contributed by atoms with E-state index in [1.165, 1.54) is 9.87 Å². The summed E-state index contributed by atoms with van der Waals surface area (Å²) in [6.07, 6.45) is 3.19. The summed E-state index contributed by atoms with van der Waals surface area (Å²) >= 11 is 0. The van der Waals surface area contributed by atoms with Crippen LogP contribution in [0.2, 0.25) is 0 Å². The number of sulfonamides is 1. The third-order valence-electron chi connectivity index (χ3n) is 4.48. The van der Waals surface area contributed by atoms with Gasteiger partial charge in [0.1, 0.15) is 0 Å². The van der Waals surface area contributed by atoms with Gasteiger partial charge in [-0.25, -0.2) is 8.42 Å². The standard InChI is InChI=1S/C16H26N2O2S/c1-5-13-8-9-16(10-15(13)11-17-3)21(19,20)18(4)12(2)14-6-7-14/h8-10,12,14,17H,5-7,11H2,1-4H3. The average molecular weight is 310 g/mol. The molecule has 1 aliphatic carbocycles. The summed E-state index contributed by atoms with van der Waals surface area (Å²) in [5.41, 5.74) is 2.26. The molecule has 1 N–H and O–H groups in total. The van der Waals surface area contributed by atoms with E-state index in [4.69, 9.17) is 0 Å². The SMILES string of the molecule is CCc1ccc(S(=O)(=O)N(C)C(C)C2CC2)cc1CNC. The van der Waals surface area contributed by atoms with Crippen LogP contribution in [-0.4, -0.2) is 32.9 Å². The highest BCUT2D eigenvalue weighted by molar-refractivity contribution is 7.89. The lowest BCUT2D eigenvalue weighted by Crippen LogP contribution is -2.36. The van der Waals surface area contributed by atoms with Gasteiger partial charge in [-0.2, -0.15) is 4.31 Å². The Bertz CT molecular complexity index is 594. The summed E-state index contributed by atoms with van der Waals surface area (Å²) in [6, 6.07) is 5.58. The molecule has 0 saturated heterocycles. The molecule has 0 amide bonds. The summed E-state index contributed by atoms with van der Waals surface area (Å²) in [6.45, 7) is 4.78. The van der Waals surface area contributed by atoms with Crippen molar-refractivity contribution in [3.05, 3.63) is 29.3 Å². The number of hydrogen-bond donors (Lipinski definition) is 1. The minimum Gasteiger partial charge on any atom is -0.316 e. The van der Waals surface area contributed by atoms with Crippen LogP contribution < -0.4 is 5.32 Å². The van der Waals surface area contributed by atoms with Crippen LogP contribution in [-0.2, 0) is 23.0 Å². The fourth-order valence-electron chi connectivity index (χ4n) is 2.72. The molecule has 0 spiro atoms. The topological polar surface area (TPSA) is 49.4 Å².